The molecule has 0 bridgehead atoms. The SMILES string of the molecule is COc1cc2c(cc1Nc1ncc(Cl)c(Nc3ccccc3S(=O)(=O)N3CC[C@@H](CO)C3)n1)CCCC(N1CCN(CCO)CC1)C2. The van der Waals surface area contributed by atoms with Gasteiger partial charge < -0.3 is 25.6 Å². The predicted octanol–water partition coefficient (Wildman–Crippen LogP) is 3.49. The van der Waals surface area contributed by atoms with Crippen LogP contribution in [0.2, 0.25) is 5.02 Å². The van der Waals surface area contributed by atoms with Gasteiger partial charge in [0.2, 0.25) is 16.0 Å². The number of piperazine rings is 1. The second kappa shape index (κ2) is 15.0. The zero-order chi connectivity index (χ0) is 33.0. The third-order valence-electron chi connectivity index (χ3n) is 9.56. The van der Waals surface area contributed by atoms with Gasteiger partial charge in [0.25, 0.3) is 0 Å². The van der Waals surface area contributed by atoms with Crippen molar-refractivity contribution in [2.75, 3.05) is 76.8 Å². The van der Waals surface area contributed by atoms with E-state index in [2.05, 4.69) is 42.5 Å². The molecule has 0 spiro atoms. The molecule has 1 aliphatic carbocycles. The van der Waals surface area contributed by atoms with Gasteiger partial charge >= 0.3 is 0 Å². The predicted molar refractivity (Wildman–Crippen MR) is 183 cm³/mol. The minimum atomic E-state index is -3.81. The Bertz CT molecular complexity index is 1650. The minimum absolute atomic E-state index is 0.0436. The summed E-state index contributed by atoms with van der Waals surface area (Å²) in [4.78, 5) is 14.1. The highest BCUT2D eigenvalue weighted by Crippen LogP contribution is 2.36. The fourth-order valence-electron chi connectivity index (χ4n) is 6.91. The van der Waals surface area contributed by atoms with Crippen LogP contribution in [0.1, 0.15) is 30.4 Å². The molecule has 12 nitrogen and oxygen atoms in total. The molecule has 3 aliphatic rings. The lowest BCUT2D eigenvalue weighted by molar-refractivity contribution is 0.0805. The maximum Gasteiger partial charge on any atom is 0.245 e. The molecule has 254 valence electrons. The van der Waals surface area contributed by atoms with Crippen LogP contribution in [0.25, 0.3) is 0 Å². The van der Waals surface area contributed by atoms with Crippen LogP contribution in [0.5, 0.6) is 5.75 Å². The van der Waals surface area contributed by atoms with Crippen molar-refractivity contribution in [1.29, 1.82) is 0 Å². The highest BCUT2D eigenvalue weighted by Gasteiger charge is 2.34. The molecule has 14 heteroatoms. The summed E-state index contributed by atoms with van der Waals surface area (Å²) in [7, 11) is -2.16. The number of rotatable bonds is 11. The van der Waals surface area contributed by atoms with E-state index >= 15 is 0 Å². The number of nitrogens with one attached hydrogen (secondary N) is 2. The van der Waals surface area contributed by atoms with Crippen molar-refractivity contribution in [1.82, 2.24) is 24.1 Å². The zero-order valence-corrected chi connectivity index (χ0v) is 28.3. The lowest BCUT2D eigenvalue weighted by Crippen LogP contribution is -2.51. The van der Waals surface area contributed by atoms with Crippen molar-refractivity contribution in [3.05, 3.63) is 58.7 Å². The average Bonchev–Trinajstić information content (AvgIpc) is 3.49. The molecule has 6 rings (SSSR count). The lowest BCUT2D eigenvalue weighted by Gasteiger charge is -2.39. The topological polar surface area (TPSA) is 143 Å². The number of aryl methyl sites for hydroxylation is 1. The normalized spacial score (nSPS) is 21.3. The Balaban J connectivity index is 1.19. The number of ether oxygens (including phenoxy) is 1. The first-order valence-corrected chi connectivity index (χ1v) is 18.1. The van der Waals surface area contributed by atoms with E-state index in [1.54, 1.807) is 31.4 Å². The van der Waals surface area contributed by atoms with E-state index < -0.39 is 10.0 Å². The lowest BCUT2D eigenvalue weighted by atomic mass is 9.99. The van der Waals surface area contributed by atoms with Crippen LogP contribution in [0.3, 0.4) is 0 Å². The van der Waals surface area contributed by atoms with Crippen LogP contribution in [0.4, 0.5) is 23.1 Å². The molecular weight excluding hydrogens is 642 g/mol. The number of nitrogens with zero attached hydrogens (tertiary/aromatic N) is 5. The van der Waals surface area contributed by atoms with Gasteiger partial charge in [0.1, 0.15) is 15.7 Å². The highest BCUT2D eigenvalue weighted by atomic mass is 35.5. The van der Waals surface area contributed by atoms with Gasteiger partial charge in [-0.25, -0.2) is 13.4 Å². The summed E-state index contributed by atoms with van der Waals surface area (Å²) >= 11 is 6.51. The Morgan fingerprint density at radius 3 is 2.57 bits per heavy atom. The van der Waals surface area contributed by atoms with Gasteiger partial charge in [-0.2, -0.15) is 9.29 Å². The number of methoxy groups -OCH3 is 1. The first-order valence-electron chi connectivity index (χ1n) is 16.3. The third-order valence-corrected chi connectivity index (χ3v) is 11.8. The summed E-state index contributed by atoms with van der Waals surface area (Å²) in [5.74, 6) is 1.17. The van der Waals surface area contributed by atoms with Crippen LogP contribution in [-0.2, 0) is 22.9 Å². The van der Waals surface area contributed by atoms with E-state index in [4.69, 9.17) is 16.3 Å². The number of aromatic nitrogens is 2. The number of fused-ring (bicyclic) bond motifs is 1. The summed E-state index contributed by atoms with van der Waals surface area (Å²) in [6, 6.07) is 11.4. The fraction of sp³-hybridized carbons (Fsp3) is 0.515. The van der Waals surface area contributed by atoms with Gasteiger partial charge in [-0.1, -0.05) is 23.7 Å². The van der Waals surface area contributed by atoms with E-state index in [1.807, 2.05) is 0 Å². The van der Waals surface area contributed by atoms with Crippen molar-refractivity contribution < 1.29 is 23.4 Å². The van der Waals surface area contributed by atoms with Crippen LogP contribution in [-0.4, -0.2) is 115 Å². The number of aliphatic hydroxyl groups excluding tert-OH is 2. The Hall–Kier alpha value is -3.04. The first kappa shape index (κ1) is 33.8. The van der Waals surface area contributed by atoms with E-state index in [9.17, 15) is 18.6 Å². The quantitative estimate of drug-likeness (QED) is 0.220. The summed E-state index contributed by atoms with van der Waals surface area (Å²) in [5, 5.41) is 25.5. The molecule has 47 heavy (non-hydrogen) atoms. The number of halogens is 1. The number of para-hydroxylation sites is 1. The number of hydrogen-bond donors (Lipinski definition) is 4. The third kappa shape index (κ3) is 7.67. The van der Waals surface area contributed by atoms with Crippen LogP contribution in [0.15, 0.2) is 47.5 Å². The average molecular weight is 686 g/mol. The Kier molecular flexibility index (Phi) is 10.8. The molecule has 3 heterocycles. The highest BCUT2D eigenvalue weighted by molar-refractivity contribution is 7.89. The van der Waals surface area contributed by atoms with E-state index in [0.717, 1.165) is 64.1 Å². The Morgan fingerprint density at radius 1 is 1.02 bits per heavy atom. The summed E-state index contributed by atoms with van der Waals surface area (Å²) in [6.07, 6.45) is 6.23. The second-order valence-corrected chi connectivity index (χ2v) is 14.8. The number of sulfonamides is 1. The first-order chi connectivity index (χ1) is 22.8. The molecule has 2 fully saturated rings. The van der Waals surface area contributed by atoms with E-state index in [-0.39, 0.29) is 47.4 Å². The molecule has 0 saturated carbocycles. The number of anilines is 4. The van der Waals surface area contributed by atoms with Gasteiger partial charge in [-0.3, -0.25) is 9.80 Å². The Morgan fingerprint density at radius 2 is 1.83 bits per heavy atom. The smallest absolute Gasteiger partial charge is 0.245 e. The van der Waals surface area contributed by atoms with Crippen molar-refractivity contribution in [2.45, 2.75) is 43.0 Å². The largest absolute Gasteiger partial charge is 0.495 e. The summed E-state index contributed by atoms with van der Waals surface area (Å²) in [6.45, 7) is 5.53. The molecule has 2 atom stereocenters. The van der Waals surface area contributed by atoms with Crippen molar-refractivity contribution in [2.24, 2.45) is 5.92 Å². The molecule has 2 saturated heterocycles. The molecule has 0 radical (unpaired) electrons. The van der Waals surface area contributed by atoms with Crippen LogP contribution >= 0.6 is 11.6 Å². The van der Waals surface area contributed by atoms with Crippen LogP contribution < -0.4 is 15.4 Å². The van der Waals surface area contributed by atoms with Crippen molar-refractivity contribution in [3.63, 3.8) is 0 Å². The summed E-state index contributed by atoms with van der Waals surface area (Å²) < 4.78 is 34.4. The monoisotopic (exact) mass is 685 g/mol. The summed E-state index contributed by atoms with van der Waals surface area (Å²) in [5.41, 5.74) is 3.64. The standard InChI is InChI=1S/C33H44ClN7O5S/c1-46-30-19-25-17-26(40-13-11-39(12-14-40)15-16-42)6-4-5-24(25)18-29(30)37-33-35-20-27(34)32(38-33)36-28-7-2-3-8-31(28)47(44,45)41-10-9-23(21-41)22-43/h2-3,7-8,18-20,23,26,42-43H,4-6,9-17,21-22H2,1H3,(H2,35,36,37,38)/t23-,26?/m1/s1. The van der Waals surface area contributed by atoms with Gasteiger partial charge in [0.05, 0.1) is 31.3 Å². The Labute approximate surface area is 281 Å². The number of benzene rings is 2. The molecule has 3 aromatic rings. The van der Waals surface area contributed by atoms with Gasteiger partial charge in [-0.15, -0.1) is 0 Å². The second-order valence-electron chi connectivity index (χ2n) is 12.5. The zero-order valence-electron chi connectivity index (χ0n) is 26.7. The molecule has 2 aliphatic heterocycles. The molecule has 4 N–H and O–H groups in total. The van der Waals surface area contributed by atoms with E-state index in [1.165, 1.54) is 21.6 Å². The minimum Gasteiger partial charge on any atom is -0.495 e. The van der Waals surface area contributed by atoms with Gasteiger partial charge in [0.15, 0.2) is 5.82 Å². The number of aliphatic hydroxyl groups is 2. The molecular formula is C33H44ClN7O5S. The number of hydrogen-bond acceptors (Lipinski definition) is 11. The molecule has 1 aromatic heterocycles. The molecule has 1 unspecified atom stereocenters. The maximum absolute atomic E-state index is 13.6. The van der Waals surface area contributed by atoms with Gasteiger partial charge in [-0.05, 0) is 73.4 Å². The maximum atomic E-state index is 13.6. The van der Waals surface area contributed by atoms with Crippen molar-refractivity contribution >= 4 is 44.8 Å². The van der Waals surface area contributed by atoms with Gasteiger partial charge in [0, 0.05) is 58.5 Å². The molecule has 2 aromatic carbocycles. The fourth-order valence-corrected chi connectivity index (χ4v) is 8.72. The number of β-amino-alcohol motifs (C(OH)–C–C–N with tert-alkyl or cyclic N) is 1. The molecule has 0 amide bonds. The van der Waals surface area contributed by atoms with E-state index in [0.29, 0.717) is 30.4 Å². The van der Waals surface area contributed by atoms with Crippen molar-refractivity contribution in [3.8, 4) is 5.75 Å². The van der Waals surface area contributed by atoms with Crippen LogP contribution in [0, 0.1) is 5.92 Å².